The Hall–Kier alpha value is -3.04. The average Bonchev–Trinajstić information content (AvgIpc) is 3.28. The highest BCUT2D eigenvalue weighted by Crippen LogP contribution is 2.28. The van der Waals surface area contributed by atoms with E-state index >= 15 is 0 Å². The molecule has 2 amide bonds. The highest BCUT2D eigenvalue weighted by atomic mass is 32.2. The molecular formula is C20H17N3O4S2. The van der Waals surface area contributed by atoms with Gasteiger partial charge < -0.3 is 0 Å². The summed E-state index contributed by atoms with van der Waals surface area (Å²) in [7, 11) is -3.85. The average molecular weight is 428 g/mol. The molecule has 0 saturated carbocycles. The number of amides is 2. The predicted molar refractivity (Wildman–Crippen MR) is 111 cm³/mol. The Balaban J connectivity index is 1.52. The number of benzene rings is 2. The number of aromatic nitrogens is 1. The van der Waals surface area contributed by atoms with Crippen molar-refractivity contribution in [3.8, 4) is 11.3 Å². The van der Waals surface area contributed by atoms with Crippen LogP contribution in [0.3, 0.4) is 0 Å². The van der Waals surface area contributed by atoms with E-state index in [1.165, 1.54) is 35.6 Å². The lowest BCUT2D eigenvalue weighted by Crippen LogP contribution is -2.28. The molecule has 2 aromatic carbocycles. The Morgan fingerprint density at radius 2 is 1.59 bits per heavy atom. The summed E-state index contributed by atoms with van der Waals surface area (Å²) in [5.41, 5.74) is 3.09. The normalized spacial score (nSPS) is 14.4. The molecule has 1 aliphatic rings. The monoisotopic (exact) mass is 427 g/mol. The zero-order valence-electron chi connectivity index (χ0n) is 15.5. The van der Waals surface area contributed by atoms with Gasteiger partial charge in [-0.1, -0.05) is 29.8 Å². The Morgan fingerprint density at radius 3 is 2.21 bits per heavy atom. The minimum absolute atomic E-state index is 0.0208. The number of sulfonamides is 1. The predicted octanol–water partition coefficient (Wildman–Crippen LogP) is 3.57. The second kappa shape index (κ2) is 7.41. The van der Waals surface area contributed by atoms with E-state index < -0.39 is 10.0 Å². The summed E-state index contributed by atoms with van der Waals surface area (Å²) in [6.07, 6.45) is 0.349. The van der Waals surface area contributed by atoms with E-state index in [0.717, 1.165) is 16.0 Å². The molecule has 0 spiro atoms. The third kappa shape index (κ3) is 3.92. The van der Waals surface area contributed by atoms with Gasteiger partial charge in [-0.25, -0.2) is 13.4 Å². The number of carbonyl (C=O) groups excluding carboxylic acids is 2. The molecule has 0 aliphatic carbocycles. The third-order valence-corrected chi connectivity index (χ3v) is 6.77. The SMILES string of the molecule is Cc1ccc(-c2csc(NS(=O)(=O)c3ccc(N4C(=O)CCC4=O)cc3)n2)cc1. The van der Waals surface area contributed by atoms with Gasteiger partial charge in [0.1, 0.15) is 0 Å². The van der Waals surface area contributed by atoms with Crippen LogP contribution in [0.1, 0.15) is 18.4 Å². The zero-order chi connectivity index (χ0) is 20.6. The number of carbonyl (C=O) groups is 2. The van der Waals surface area contributed by atoms with Gasteiger partial charge in [0.25, 0.3) is 10.0 Å². The Bertz CT molecular complexity index is 1170. The van der Waals surface area contributed by atoms with Crippen molar-refractivity contribution in [3.63, 3.8) is 0 Å². The van der Waals surface area contributed by atoms with Gasteiger partial charge in [0, 0.05) is 23.8 Å². The minimum Gasteiger partial charge on any atom is -0.274 e. The maximum absolute atomic E-state index is 12.7. The first-order valence-electron chi connectivity index (χ1n) is 8.85. The Kier molecular flexibility index (Phi) is 4.93. The van der Waals surface area contributed by atoms with Gasteiger partial charge in [-0.05, 0) is 31.2 Å². The summed E-state index contributed by atoms with van der Waals surface area (Å²) >= 11 is 1.20. The van der Waals surface area contributed by atoms with E-state index in [2.05, 4.69) is 9.71 Å². The van der Waals surface area contributed by atoms with E-state index in [0.29, 0.717) is 11.4 Å². The molecule has 148 valence electrons. The number of imide groups is 1. The number of anilines is 2. The summed E-state index contributed by atoms with van der Waals surface area (Å²) in [4.78, 5) is 29.1. The maximum atomic E-state index is 12.7. The van der Waals surface area contributed by atoms with E-state index in [9.17, 15) is 18.0 Å². The lowest BCUT2D eigenvalue weighted by atomic mass is 10.1. The summed E-state index contributed by atoms with van der Waals surface area (Å²) < 4.78 is 27.8. The van der Waals surface area contributed by atoms with Crippen LogP contribution in [0.25, 0.3) is 11.3 Å². The smallest absolute Gasteiger partial charge is 0.263 e. The van der Waals surface area contributed by atoms with Gasteiger partial charge in [-0.15, -0.1) is 11.3 Å². The third-order valence-electron chi connectivity index (χ3n) is 4.53. The van der Waals surface area contributed by atoms with Gasteiger partial charge >= 0.3 is 0 Å². The Labute approximate surface area is 172 Å². The fourth-order valence-electron chi connectivity index (χ4n) is 2.99. The fraction of sp³-hybridized carbons (Fsp3) is 0.150. The van der Waals surface area contributed by atoms with Crippen molar-refractivity contribution in [1.82, 2.24) is 4.98 Å². The van der Waals surface area contributed by atoms with E-state index in [-0.39, 0.29) is 34.7 Å². The molecule has 2 heterocycles. The number of hydrogen-bond donors (Lipinski definition) is 1. The lowest BCUT2D eigenvalue weighted by molar-refractivity contribution is -0.121. The molecule has 9 heteroatoms. The zero-order valence-corrected chi connectivity index (χ0v) is 17.1. The first-order valence-corrected chi connectivity index (χ1v) is 11.2. The largest absolute Gasteiger partial charge is 0.274 e. The molecule has 4 rings (SSSR count). The summed E-state index contributed by atoms with van der Waals surface area (Å²) in [6, 6.07) is 13.4. The van der Waals surface area contributed by atoms with Crippen LogP contribution in [0, 0.1) is 6.92 Å². The van der Waals surface area contributed by atoms with Crippen LogP contribution >= 0.6 is 11.3 Å². The van der Waals surface area contributed by atoms with Crippen molar-refractivity contribution in [2.75, 3.05) is 9.62 Å². The van der Waals surface area contributed by atoms with Crippen LogP contribution in [0.5, 0.6) is 0 Å². The number of rotatable bonds is 5. The maximum Gasteiger partial charge on any atom is 0.263 e. The molecule has 0 unspecified atom stereocenters. The molecule has 1 saturated heterocycles. The highest BCUT2D eigenvalue weighted by molar-refractivity contribution is 7.93. The van der Waals surface area contributed by atoms with E-state index in [1.807, 2.05) is 31.2 Å². The highest BCUT2D eigenvalue weighted by Gasteiger charge is 2.30. The summed E-state index contributed by atoms with van der Waals surface area (Å²) in [6.45, 7) is 1.99. The number of hydrogen-bond acceptors (Lipinski definition) is 6. The van der Waals surface area contributed by atoms with Crippen LogP contribution in [0.2, 0.25) is 0 Å². The summed E-state index contributed by atoms with van der Waals surface area (Å²) in [5, 5.41) is 2.05. The van der Waals surface area contributed by atoms with Gasteiger partial charge in [-0.3, -0.25) is 19.2 Å². The molecule has 0 bridgehead atoms. The number of nitrogens with one attached hydrogen (secondary N) is 1. The first kappa shape index (κ1) is 19.3. The van der Waals surface area contributed by atoms with Crippen molar-refractivity contribution in [3.05, 3.63) is 59.5 Å². The van der Waals surface area contributed by atoms with Gasteiger partial charge in [0.2, 0.25) is 11.8 Å². The molecule has 29 heavy (non-hydrogen) atoms. The number of thiazole rings is 1. The first-order chi connectivity index (χ1) is 13.8. The summed E-state index contributed by atoms with van der Waals surface area (Å²) in [5.74, 6) is -0.565. The van der Waals surface area contributed by atoms with Gasteiger partial charge in [-0.2, -0.15) is 0 Å². The number of nitrogens with zero attached hydrogens (tertiary/aromatic N) is 2. The van der Waals surface area contributed by atoms with E-state index in [1.54, 1.807) is 5.38 Å². The molecule has 1 aromatic heterocycles. The molecule has 0 atom stereocenters. The van der Waals surface area contributed by atoms with Crippen LogP contribution < -0.4 is 9.62 Å². The second-order valence-corrected chi connectivity index (χ2v) is 9.17. The quantitative estimate of drug-likeness (QED) is 0.628. The fourth-order valence-corrected chi connectivity index (χ4v) is 4.96. The lowest BCUT2D eigenvalue weighted by Gasteiger charge is -2.14. The van der Waals surface area contributed by atoms with Crippen molar-refractivity contribution < 1.29 is 18.0 Å². The van der Waals surface area contributed by atoms with Crippen molar-refractivity contribution >= 4 is 44.0 Å². The van der Waals surface area contributed by atoms with Crippen LogP contribution in [0.4, 0.5) is 10.8 Å². The van der Waals surface area contributed by atoms with Crippen molar-refractivity contribution in [2.45, 2.75) is 24.7 Å². The topological polar surface area (TPSA) is 96.4 Å². The van der Waals surface area contributed by atoms with Crippen LogP contribution in [-0.4, -0.2) is 25.2 Å². The standard InChI is InChI=1S/C20H17N3O4S2/c1-13-2-4-14(5-3-13)17-12-28-20(21-17)22-29(26,27)16-8-6-15(7-9-16)23-18(24)10-11-19(23)25/h2-9,12H,10-11H2,1H3,(H,21,22). The molecule has 7 nitrogen and oxygen atoms in total. The molecule has 1 N–H and O–H groups in total. The van der Waals surface area contributed by atoms with E-state index in [4.69, 9.17) is 0 Å². The van der Waals surface area contributed by atoms with Gasteiger partial charge in [0.05, 0.1) is 16.3 Å². The second-order valence-electron chi connectivity index (χ2n) is 6.63. The minimum atomic E-state index is -3.85. The van der Waals surface area contributed by atoms with Crippen molar-refractivity contribution in [1.29, 1.82) is 0 Å². The van der Waals surface area contributed by atoms with Crippen molar-refractivity contribution in [2.24, 2.45) is 0 Å². The van der Waals surface area contributed by atoms with Crippen LogP contribution in [0.15, 0.2) is 58.8 Å². The molecule has 1 fully saturated rings. The van der Waals surface area contributed by atoms with Crippen LogP contribution in [-0.2, 0) is 19.6 Å². The Morgan fingerprint density at radius 1 is 0.966 bits per heavy atom. The molecule has 0 radical (unpaired) electrons. The van der Waals surface area contributed by atoms with Gasteiger partial charge in [0.15, 0.2) is 5.13 Å². The number of aryl methyl sites for hydroxylation is 1. The molecule has 1 aliphatic heterocycles. The molecular weight excluding hydrogens is 410 g/mol. The molecule has 3 aromatic rings.